The van der Waals surface area contributed by atoms with Gasteiger partial charge in [-0.2, -0.15) is 0 Å². The molecule has 0 saturated heterocycles. The summed E-state index contributed by atoms with van der Waals surface area (Å²) in [5.41, 5.74) is 0.229. The average Bonchev–Trinajstić information content (AvgIpc) is 2.75. The Morgan fingerprint density at radius 3 is 2.41 bits per heavy atom. The van der Waals surface area contributed by atoms with Crippen LogP contribution in [0, 0.1) is 17.3 Å². The van der Waals surface area contributed by atoms with E-state index in [0.717, 1.165) is 6.92 Å². The first kappa shape index (κ1) is 27.9. The SMILES string of the molecule is C=CC1CCC(C)(C(O[As](=O)(O)c2ccccc2)C(=O)ONC(C)=O)C(C(=O)NC(C)(C)C)C1. The topological polar surface area (TPSA) is 131 Å². The van der Waals surface area contributed by atoms with Crippen molar-refractivity contribution in [3.05, 3.63) is 43.0 Å². The first-order valence-corrected chi connectivity index (χ1v) is 14.5. The first-order valence-electron chi connectivity index (χ1n) is 11.2. The molecule has 2 amide bonds. The summed E-state index contributed by atoms with van der Waals surface area (Å²) in [5.74, 6) is -2.70. The summed E-state index contributed by atoms with van der Waals surface area (Å²) < 4.78 is 29.8. The van der Waals surface area contributed by atoms with E-state index in [4.69, 9.17) is 8.56 Å². The Morgan fingerprint density at radius 2 is 1.88 bits per heavy atom. The van der Waals surface area contributed by atoms with E-state index in [9.17, 15) is 22.2 Å². The Labute approximate surface area is 203 Å². The fraction of sp³-hybridized carbons (Fsp3) is 0.542. The van der Waals surface area contributed by atoms with Gasteiger partial charge in [-0.3, -0.25) is 0 Å². The Hall–Kier alpha value is -2.35. The number of rotatable bonds is 7. The maximum atomic E-state index is 13.4. The molecule has 5 unspecified atom stereocenters. The van der Waals surface area contributed by atoms with Gasteiger partial charge in [0, 0.05) is 0 Å². The predicted molar refractivity (Wildman–Crippen MR) is 127 cm³/mol. The molecule has 0 spiro atoms. The molecular formula is C24H35AsN2O7. The van der Waals surface area contributed by atoms with Crippen LogP contribution >= 0.6 is 0 Å². The van der Waals surface area contributed by atoms with Crippen molar-refractivity contribution in [2.24, 2.45) is 17.3 Å². The first-order chi connectivity index (χ1) is 15.7. The van der Waals surface area contributed by atoms with Crippen molar-refractivity contribution in [1.29, 1.82) is 0 Å². The van der Waals surface area contributed by atoms with Crippen LogP contribution in [0.25, 0.3) is 0 Å². The zero-order chi connectivity index (χ0) is 25.7. The summed E-state index contributed by atoms with van der Waals surface area (Å²) in [6.45, 7) is 12.2. The van der Waals surface area contributed by atoms with Gasteiger partial charge in [0.2, 0.25) is 0 Å². The summed E-state index contributed by atoms with van der Waals surface area (Å²) in [5, 5.41) is 2.95. The summed E-state index contributed by atoms with van der Waals surface area (Å²) >= 11 is -5.26. The second-order valence-electron chi connectivity index (χ2n) is 9.99. The van der Waals surface area contributed by atoms with Crippen LogP contribution in [0.2, 0.25) is 0 Å². The van der Waals surface area contributed by atoms with Crippen LogP contribution in [0.15, 0.2) is 43.0 Å². The quantitative estimate of drug-likeness (QED) is 0.274. The molecular weight excluding hydrogens is 503 g/mol. The van der Waals surface area contributed by atoms with E-state index in [1.165, 1.54) is 12.1 Å². The number of benzene rings is 1. The maximum absolute atomic E-state index is 13.4. The van der Waals surface area contributed by atoms with E-state index in [1.807, 2.05) is 26.3 Å². The third-order valence-electron chi connectivity index (χ3n) is 5.98. The molecule has 1 saturated carbocycles. The molecule has 1 aliphatic carbocycles. The molecule has 0 aliphatic heterocycles. The third kappa shape index (κ3) is 7.07. The standard InChI is InChI=1S/C24H35AsN2O7/c1-7-17-13-14-24(6,19(15-17)21(29)26-23(3,4)5)20(22(30)34-27-16(2)28)33-25(31,32)18-11-9-8-10-12-18/h7-12,17,19-20H,1,13-15H2,2-6H3,(H,26,29)(H,27,28)(H,31,32). The molecule has 34 heavy (non-hydrogen) atoms. The van der Waals surface area contributed by atoms with Crippen molar-refractivity contribution in [2.75, 3.05) is 0 Å². The number of hydrogen-bond donors (Lipinski definition) is 3. The number of allylic oxidation sites excluding steroid dienone is 1. The van der Waals surface area contributed by atoms with Crippen LogP contribution in [0.5, 0.6) is 0 Å². The molecule has 1 aliphatic rings. The van der Waals surface area contributed by atoms with Crippen LogP contribution < -0.4 is 15.1 Å². The van der Waals surface area contributed by atoms with Gasteiger partial charge in [0.1, 0.15) is 0 Å². The van der Waals surface area contributed by atoms with Crippen LogP contribution in [-0.4, -0.2) is 47.7 Å². The molecule has 188 valence electrons. The fourth-order valence-electron chi connectivity index (χ4n) is 4.18. The number of hydroxylamine groups is 1. The van der Waals surface area contributed by atoms with Crippen molar-refractivity contribution in [1.82, 2.24) is 10.8 Å². The fourth-order valence-corrected chi connectivity index (χ4v) is 6.87. The number of carbonyl (C=O) groups excluding carboxylic acids is 3. The minimum atomic E-state index is -5.26. The van der Waals surface area contributed by atoms with Gasteiger partial charge in [-0.1, -0.05) is 0 Å². The van der Waals surface area contributed by atoms with Crippen molar-refractivity contribution < 1.29 is 30.8 Å². The van der Waals surface area contributed by atoms with Gasteiger partial charge in [0.05, 0.1) is 0 Å². The van der Waals surface area contributed by atoms with Crippen molar-refractivity contribution >= 4 is 36.3 Å². The molecule has 2 rings (SSSR count). The van der Waals surface area contributed by atoms with E-state index in [0.29, 0.717) is 19.3 Å². The molecule has 10 heteroatoms. The van der Waals surface area contributed by atoms with Gasteiger partial charge < -0.3 is 0 Å². The van der Waals surface area contributed by atoms with Crippen molar-refractivity contribution in [2.45, 2.75) is 65.5 Å². The van der Waals surface area contributed by atoms with Gasteiger partial charge in [-0.15, -0.1) is 0 Å². The molecule has 0 heterocycles. The summed E-state index contributed by atoms with van der Waals surface area (Å²) in [7, 11) is 0. The zero-order valence-electron chi connectivity index (χ0n) is 20.4. The molecule has 0 bridgehead atoms. The van der Waals surface area contributed by atoms with Gasteiger partial charge in [-0.05, 0) is 0 Å². The van der Waals surface area contributed by atoms with E-state index in [2.05, 4.69) is 11.9 Å². The summed E-state index contributed by atoms with van der Waals surface area (Å²) in [6, 6.07) is 7.74. The van der Waals surface area contributed by atoms with Crippen LogP contribution in [0.4, 0.5) is 0 Å². The number of amides is 2. The van der Waals surface area contributed by atoms with E-state index in [-0.39, 0.29) is 16.2 Å². The molecule has 1 aromatic carbocycles. The van der Waals surface area contributed by atoms with Gasteiger partial charge in [-0.25, -0.2) is 0 Å². The molecule has 1 aromatic rings. The number of carbonyl (C=O) groups is 3. The molecule has 0 radical (unpaired) electrons. The van der Waals surface area contributed by atoms with Crippen molar-refractivity contribution in [3.63, 3.8) is 0 Å². The van der Waals surface area contributed by atoms with E-state index in [1.54, 1.807) is 31.2 Å². The van der Waals surface area contributed by atoms with Crippen LogP contribution in [-0.2, 0) is 26.7 Å². The zero-order valence-corrected chi connectivity index (χ0v) is 22.2. The minimum absolute atomic E-state index is 0.0243. The second-order valence-corrected chi connectivity index (χ2v) is 13.7. The Morgan fingerprint density at radius 1 is 1.26 bits per heavy atom. The number of hydrogen-bond acceptors (Lipinski definition) is 6. The Balaban J connectivity index is 2.52. The summed E-state index contributed by atoms with van der Waals surface area (Å²) in [4.78, 5) is 42.7. The average molecular weight is 538 g/mol. The second kappa shape index (κ2) is 10.9. The monoisotopic (exact) mass is 538 g/mol. The number of nitrogens with one attached hydrogen (secondary N) is 2. The Kier molecular flexibility index (Phi) is 8.97. The van der Waals surface area contributed by atoms with Gasteiger partial charge >= 0.3 is 204 Å². The molecule has 3 N–H and O–H groups in total. The van der Waals surface area contributed by atoms with Gasteiger partial charge in [0.25, 0.3) is 0 Å². The summed E-state index contributed by atoms with van der Waals surface area (Å²) in [6.07, 6.45) is 1.49. The molecule has 1 fully saturated rings. The van der Waals surface area contributed by atoms with Crippen molar-refractivity contribution in [3.8, 4) is 0 Å². The van der Waals surface area contributed by atoms with E-state index >= 15 is 0 Å². The molecule has 5 atom stereocenters. The predicted octanol–water partition coefficient (Wildman–Crippen LogP) is 1.76. The van der Waals surface area contributed by atoms with Gasteiger partial charge in [0.15, 0.2) is 0 Å². The molecule has 9 nitrogen and oxygen atoms in total. The van der Waals surface area contributed by atoms with Crippen LogP contribution in [0.1, 0.15) is 53.9 Å². The normalized spacial score (nSPS) is 25.4. The Bertz CT molecular complexity index is 960. The molecule has 0 aromatic heterocycles. The van der Waals surface area contributed by atoms with E-state index < -0.39 is 49.0 Å². The third-order valence-corrected chi connectivity index (χ3v) is 9.01. The van der Waals surface area contributed by atoms with Crippen LogP contribution in [0.3, 0.4) is 0 Å².